The van der Waals surface area contributed by atoms with Gasteiger partial charge in [-0.2, -0.15) is 10.5 Å². The van der Waals surface area contributed by atoms with Crippen LogP contribution >= 0.6 is 11.3 Å². The van der Waals surface area contributed by atoms with E-state index in [1.165, 1.54) is 35.6 Å². The summed E-state index contributed by atoms with van der Waals surface area (Å²) >= 11 is 1.45. The number of rotatable bonds is 3. The molecule has 4 atom stereocenters. The molecule has 0 aliphatic carbocycles. The van der Waals surface area contributed by atoms with Crippen LogP contribution in [0.5, 0.6) is 0 Å². The van der Waals surface area contributed by atoms with Gasteiger partial charge in [-0.15, -0.1) is 11.3 Å². The minimum atomic E-state index is -1.43. The molecule has 0 amide bonds. The van der Waals surface area contributed by atoms with Gasteiger partial charge in [0.05, 0.1) is 24.3 Å². The van der Waals surface area contributed by atoms with Crippen LogP contribution in [0.1, 0.15) is 38.3 Å². The van der Waals surface area contributed by atoms with Crippen LogP contribution in [-0.2, 0) is 0 Å². The van der Waals surface area contributed by atoms with E-state index in [0.717, 1.165) is 20.9 Å². The van der Waals surface area contributed by atoms with Gasteiger partial charge in [-0.25, -0.2) is 4.39 Å². The zero-order chi connectivity index (χ0) is 21.6. The van der Waals surface area contributed by atoms with E-state index in [-0.39, 0.29) is 5.78 Å². The number of fused-ring (bicyclic) bond motifs is 3. The number of nitriles is 2. The van der Waals surface area contributed by atoms with E-state index in [2.05, 4.69) is 12.1 Å². The number of hydrogen-bond acceptors (Lipinski definition) is 4. The Morgan fingerprint density at radius 1 is 1.03 bits per heavy atom. The summed E-state index contributed by atoms with van der Waals surface area (Å²) in [6.07, 6.45) is 3.85. The van der Waals surface area contributed by atoms with Crippen molar-refractivity contribution in [1.29, 1.82) is 10.5 Å². The van der Waals surface area contributed by atoms with E-state index in [0.29, 0.717) is 5.56 Å². The fraction of sp³-hybridized carbons (Fsp3) is 0.160. The van der Waals surface area contributed by atoms with Crippen LogP contribution in [0.4, 0.5) is 4.39 Å². The molecule has 0 saturated carbocycles. The highest BCUT2D eigenvalue weighted by atomic mass is 32.1. The van der Waals surface area contributed by atoms with Gasteiger partial charge in [0.15, 0.2) is 12.1 Å². The van der Waals surface area contributed by atoms with Crippen LogP contribution in [0.3, 0.4) is 0 Å². The molecular weight excluding hydrogens is 409 g/mol. The first-order valence-corrected chi connectivity index (χ1v) is 10.8. The Labute approximate surface area is 183 Å². The van der Waals surface area contributed by atoms with Crippen molar-refractivity contribution in [2.24, 2.45) is 5.41 Å². The number of carbonyl (C=O) groups is 1. The first-order chi connectivity index (χ1) is 15.1. The molecule has 2 aromatic carbocycles. The predicted molar refractivity (Wildman–Crippen MR) is 114 cm³/mol. The molecule has 1 saturated heterocycles. The molecule has 0 spiro atoms. The van der Waals surface area contributed by atoms with Crippen molar-refractivity contribution in [3.63, 3.8) is 0 Å². The van der Waals surface area contributed by atoms with E-state index in [9.17, 15) is 19.7 Å². The Morgan fingerprint density at radius 3 is 2.45 bits per heavy atom. The molecule has 2 aliphatic heterocycles. The van der Waals surface area contributed by atoms with Crippen LogP contribution < -0.4 is 4.90 Å². The van der Waals surface area contributed by atoms with Gasteiger partial charge in [0.2, 0.25) is 11.2 Å². The molecule has 2 aliphatic rings. The second kappa shape index (κ2) is 7.28. The molecule has 3 aromatic rings. The molecule has 5 rings (SSSR count). The molecule has 0 bridgehead atoms. The lowest BCUT2D eigenvalue weighted by molar-refractivity contribution is -0.885. The van der Waals surface area contributed by atoms with Gasteiger partial charge >= 0.3 is 0 Å². The molecule has 150 valence electrons. The largest absolute Gasteiger partial charge is 0.291 e. The first kappa shape index (κ1) is 19.4. The zero-order valence-electron chi connectivity index (χ0n) is 16.3. The molecule has 1 aromatic heterocycles. The Kier molecular flexibility index (Phi) is 4.55. The second-order valence-electron chi connectivity index (χ2n) is 7.83. The van der Waals surface area contributed by atoms with E-state index < -0.39 is 29.2 Å². The maximum atomic E-state index is 13.8. The van der Waals surface area contributed by atoms with Gasteiger partial charge in [-0.3, -0.25) is 9.69 Å². The van der Waals surface area contributed by atoms with E-state index >= 15 is 0 Å². The Morgan fingerprint density at radius 2 is 1.77 bits per heavy atom. The van der Waals surface area contributed by atoms with Gasteiger partial charge in [0, 0.05) is 16.0 Å². The van der Waals surface area contributed by atoms with Crippen molar-refractivity contribution >= 4 is 23.2 Å². The molecular formula is C25H17FN3OS+. The van der Waals surface area contributed by atoms with E-state index in [1.54, 1.807) is 0 Å². The summed E-state index contributed by atoms with van der Waals surface area (Å²) in [5.41, 5.74) is 0.782. The molecule has 1 unspecified atom stereocenters. The van der Waals surface area contributed by atoms with Crippen molar-refractivity contribution < 1.29 is 14.1 Å². The highest BCUT2D eigenvalue weighted by Gasteiger charge is 2.68. The lowest BCUT2D eigenvalue weighted by Crippen LogP contribution is -3.11. The number of Topliss-reactive ketones (excluding diaryl/α,β-unsaturated/α-hetero) is 1. The van der Waals surface area contributed by atoms with Gasteiger partial charge in [-0.05, 0) is 47.4 Å². The van der Waals surface area contributed by atoms with Crippen molar-refractivity contribution in [3.8, 4) is 12.1 Å². The molecule has 3 heterocycles. The summed E-state index contributed by atoms with van der Waals surface area (Å²) in [6.45, 7) is 0. The second-order valence-corrected chi connectivity index (χ2v) is 8.81. The standard InChI is InChI=1S/C25H16FN3OS/c26-18-9-7-17(8-10-18)23(30)22-21(20-6-3-13-31-20)25(14-27,15-28)24-19-5-2-1-4-16(19)11-12-29(22)24/h1-13,21-22,24H/p+1/t21-,22-,24+/m1/s1. The summed E-state index contributed by atoms with van der Waals surface area (Å²) < 4.78 is 13.5. The summed E-state index contributed by atoms with van der Waals surface area (Å²) in [5, 5.41) is 22.7. The smallest absolute Gasteiger partial charge is 0.221 e. The third-order valence-corrected chi connectivity index (χ3v) is 7.32. The molecule has 1 fully saturated rings. The number of quaternary nitrogens is 1. The molecule has 31 heavy (non-hydrogen) atoms. The Bertz CT molecular complexity index is 1250. The SMILES string of the molecule is N#CC1(C#N)[C@H](c2cccs2)[C@H](C(=O)c2ccc(F)cc2)[NH+]2C=Cc3ccccc3[C@H]21. The van der Waals surface area contributed by atoms with Crippen molar-refractivity contribution in [2.75, 3.05) is 0 Å². The van der Waals surface area contributed by atoms with Crippen molar-refractivity contribution in [3.05, 3.63) is 99.6 Å². The Balaban J connectivity index is 1.75. The topological polar surface area (TPSA) is 69.1 Å². The van der Waals surface area contributed by atoms with Gasteiger partial charge in [-0.1, -0.05) is 30.3 Å². The van der Waals surface area contributed by atoms with E-state index in [1.807, 2.05) is 54.1 Å². The highest BCUT2D eigenvalue weighted by molar-refractivity contribution is 7.10. The number of benzene rings is 2. The molecule has 1 N–H and O–H groups in total. The minimum Gasteiger partial charge on any atom is -0.291 e. The monoisotopic (exact) mass is 426 g/mol. The number of hydrogen-bond donors (Lipinski definition) is 1. The third kappa shape index (κ3) is 2.77. The fourth-order valence-corrected chi connectivity index (χ4v) is 6.00. The molecule has 4 nitrogen and oxygen atoms in total. The number of halogens is 1. The number of ketones is 1. The third-order valence-electron chi connectivity index (χ3n) is 6.36. The maximum absolute atomic E-state index is 13.8. The Hall–Kier alpha value is -3.58. The number of carbonyl (C=O) groups excluding carboxylic acids is 1. The average Bonchev–Trinajstić information content (AvgIpc) is 3.43. The predicted octanol–water partition coefficient (Wildman–Crippen LogP) is 3.88. The van der Waals surface area contributed by atoms with E-state index in [4.69, 9.17) is 0 Å². The molecule has 6 heteroatoms. The van der Waals surface area contributed by atoms with Gasteiger partial charge in [0.25, 0.3) is 0 Å². The van der Waals surface area contributed by atoms with Crippen LogP contribution in [0.15, 0.2) is 72.2 Å². The minimum absolute atomic E-state index is 0.199. The first-order valence-electron chi connectivity index (χ1n) is 9.90. The lowest BCUT2D eigenvalue weighted by atomic mass is 9.69. The van der Waals surface area contributed by atoms with Crippen LogP contribution in [-0.4, -0.2) is 11.8 Å². The lowest BCUT2D eigenvalue weighted by Gasteiger charge is -2.29. The normalized spacial score (nSPS) is 25.1. The van der Waals surface area contributed by atoms with Gasteiger partial charge < -0.3 is 0 Å². The van der Waals surface area contributed by atoms with Gasteiger partial charge in [0.1, 0.15) is 5.82 Å². The van der Waals surface area contributed by atoms with Crippen molar-refractivity contribution in [1.82, 2.24) is 0 Å². The quantitative estimate of drug-likeness (QED) is 0.647. The average molecular weight is 426 g/mol. The number of nitrogens with zero attached hydrogens (tertiary/aromatic N) is 2. The van der Waals surface area contributed by atoms with Crippen LogP contribution in [0.2, 0.25) is 0 Å². The summed E-state index contributed by atoms with van der Waals surface area (Å²) in [6, 6.07) is 20.4. The summed E-state index contributed by atoms with van der Waals surface area (Å²) in [5.74, 6) is -1.23. The summed E-state index contributed by atoms with van der Waals surface area (Å²) in [4.78, 5) is 15.4. The van der Waals surface area contributed by atoms with Crippen molar-refractivity contribution in [2.45, 2.75) is 18.0 Å². The number of thiophene rings is 1. The maximum Gasteiger partial charge on any atom is 0.221 e. The number of nitrogens with one attached hydrogen (secondary N) is 1. The highest BCUT2D eigenvalue weighted by Crippen LogP contribution is 2.52. The molecule has 0 radical (unpaired) electrons. The fourth-order valence-electron chi connectivity index (χ4n) is 5.06. The van der Waals surface area contributed by atoms with Crippen LogP contribution in [0.25, 0.3) is 6.08 Å². The summed E-state index contributed by atoms with van der Waals surface area (Å²) in [7, 11) is 0. The van der Waals surface area contributed by atoms with Crippen LogP contribution in [0, 0.1) is 33.9 Å². The zero-order valence-corrected chi connectivity index (χ0v) is 17.1.